The van der Waals surface area contributed by atoms with E-state index in [9.17, 15) is 4.79 Å². The van der Waals surface area contributed by atoms with Gasteiger partial charge < -0.3 is 15.2 Å². The van der Waals surface area contributed by atoms with Gasteiger partial charge in [-0.3, -0.25) is 4.79 Å². The van der Waals surface area contributed by atoms with Crippen LogP contribution in [-0.2, 0) is 6.54 Å². The van der Waals surface area contributed by atoms with Gasteiger partial charge in [-0.2, -0.15) is 0 Å². The van der Waals surface area contributed by atoms with Gasteiger partial charge in [-0.25, -0.2) is 9.97 Å². The zero-order valence-electron chi connectivity index (χ0n) is 16.4. The van der Waals surface area contributed by atoms with E-state index in [1.807, 2.05) is 42.2 Å². The molecule has 0 saturated heterocycles. The molecule has 29 heavy (non-hydrogen) atoms. The second kappa shape index (κ2) is 8.66. The topological polar surface area (TPSA) is 73.9 Å². The van der Waals surface area contributed by atoms with Crippen LogP contribution in [0.1, 0.15) is 42.2 Å². The van der Waals surface area contributed by atoms with E-state index < -0.39 is 0 Å². The number of fused-ring (bicyclic) bond motifs is 1. The van der Waals surface area contributed by atoms with E-state index in [2.05, 4.69) is 26.3 Å². The predicted molar refractivity (Wildman–Crippen MR) is 115 cm³/mol. The number of nitrogens with one attached hydrogen (secondary N) is 2. The molecule has 0 radical (unpaired) electrons. The van der Waals surface area contributed by atoms with Gasteiger partial charge in [0.15, 0.2) is 0 Å². The van der Waals surface area contributed by atoms with E-state index in [0.717, 1.165) is 41.4 Å². The molecule has 2 N–H and O–H groups in total. The number of nitrogens with zero attached hydrogens (tertiary/aromatic N) is 3. The van der Waals surface area contributed by atoms with Crippen LogP contribution in [0.3, 0.4) is 0 Å². The maximum atomic E-state index is 13.2. The third-order valence-corrected chi connectivity index (χ3v) is 5.54. The second-order valence-electron chi connectivity index (χ2n) is 7.24. The molecule has 0 aliphatic heterocycles. The minimum Gasteiger partial charge on any atom is -0.384 e. The van der Waals surface area contributed by atoms with Crippen molar-refractivity contribution in [3.63, 3.8) is 0 Å². The number of amides is 1. The van der Waals surface area contributed by atoms with Gasteiger partial charge in [-0.1, -0.05) is 24.3 Å². The molecule has 3 aromatic rings. The van der Waals surface area contributed by atoms with Gasteiger partial charge in [0.2, 0.25) is 5.28 Å². The molecule has 2 heterocycles. The Kier molecular flexibility index (Phi) is 5.81. The normalized spacial score (nSPS) is 16.5. The number of carbonyl (C=O) groups excluding carboxylic acids is 1. The van der Waals surface area contributed by atoms with Gasteiger partial charge >= 0.3 is 0 Å². The van der Waals surface area contributed by atoms with Crippen molar-refractivity contribution in [2.45, 2.75) is 38.8 Å². The van der Waals surface area contributed by atoms with Gasteiger partial charge in [0.1, 0.15) is 5.69 Å². The van der Waals surface area contributed by atoms with Crippen molar-refractivity contribution >= 4 is 28.4 Å². The molecule has 1 amide bonds. The number of aromatic nitrogens is 3. The molecule has 150 valence electrons. The number of rotatable bonds is 6. The van der Waals surface area contributed by atoms with Crippen molar-refractivity contribution in [3.05, 3.63) is 71.0 Å². The highest BCUT2D eigenvalue weighted by atomic mass is 35.5. The Balaban J connectivity index is 1.42. The molecule has 1 aliphatic carbocycles. The zero-order valence-corrected chi connectivity index (χ0v) is 17.1. The van der Waals surface area contributed by atoms with Crippen molar-refractivity contribution in [2.75, 3.05) is 6.54 Å². The van der Waals surface area contributed by atoms with E-state index in [0.29, 0.717) is 18.8 Å². The molecule has 0 saturated carbocycles. The van der Waals surface area contributed by atoms with Gasteiger partial charge in [-0.05, 0) is 43.5 Å². The summed E-state index contributed by atoms with van der Waals surface area (Å²) in [6.45, 7) is 3.35. The van der Waals surface area contributed by atoms with Gasteiger partial charge in [0.25, 0.3) is 5.91 Å². The largest absolute Gasteiger partial charge is 0.384 e. The van der Waals surface area contributed by atoms with Crippen LogP contribution in [0, 0.1) is 0 Å². The standard InChI is InChI=1S/C22H24ClN5O/c1-2-28(21(29)20-10-16-6-3-4-9-19(16)27-20)18-8-5-7-17(11-18)24-12-15-13-25-22(23)26-14-15/h3-4,6-7,9-10,13-14,18,24,27H,2,5,8,11-12H2,1H3. The molecule has 0 spiro atoms. The second-order valence-corrected chi connectivity index (χ2v) is 7.58. The number of benzene rings is 1. The van der Waals surface area contributed by atoms with E-state index in [-0.39, 0.29) is 17.2 Å². The molecule has 1 unspecified atom stereocenters. The Hall–Kier alpha value is -2.86. The Bertz CT molecular complexity index is 994. The van der Waals surface area contributed by atoms with E-state index in [1.165, 1.54) is 0 Å². The molecule has 4 rings (SSSR count). The number of hydrogen-bond acceptors (Lipinski definition) is 4. The van der Waals surface area contributed by atoms with Crippen LogP contribution < -0.4 is 5.32 Å². The third-order valence-electron chi connectivity index (χ3n) is 5.34. The highest BCUT2D eigenvalue weighted by Gasteiger charge is 2.27. The van der Waals surface area contributed by atoms with Crippen molar-refractivity contribution in [1.29, 1.82) is 0 Å². The molecular weight excluding hydrogens is 386 g/mol. The fraction of sp³-hybridized carbons (Fsp3) is 0.318. The van der Waals surface area contributed by atoms with Crippen LogP contribution in [0.15, 0.2) is 54.5 Å². The van der Waals surface area contributed by atoms with Crippen LogP contribution in [0.4, 0.5) is 0 Å². The van der Waals surface area contributed by atoms with Crippen LogP contribution in [0.2, 0.25) is 5.28 Å². The van der Waals surface area contributed by atoms with Crippen molar-refractivity contribution in [2.24, 2.45) is 0 Å². The first-order valence-electron chi connectivity index (χ1n) is 9.92. The highest BCUT2D eigenvalue weighted by Crippen LogP contribution is 2.24. The smallest absolute Gasteiger partial charge is 0.270 e. The molecule has 0 bridgehead atoms. The average molecular weight is 410 g/mol. The lowest BCUT2D eigenvalue weighted by Gasteiger charge is -2.33. The quantitative estimate of drug-likeness (QED) is 0.595. The maximum Gasteiger partial charge on any atom is 0.270 e. The van der Waals surface area contributed by atoms with E-state index in [1.54, 1.807) is 12.4 Å². The number of aromatic amines is 1. The fourth-order valence-corrected chi connectivity index (χ4v) is 3.95. The Morgan fingerprint density at radius 1 is 1.31 bits per heavy atom. The molecule has 1 aromatic carbocycles. The lowest BCUT2D eigenvalue weighted by molar-refractivity contribution is 0.0669. The summed E-state index contributed by atoms with van der Waals surface area (Å²) in [4.78, 5) is 26.5. The van der Waals surface area contributed by atoms with E-state index in [4.69, 9.17) is 11.6 Å². The van der Waals surface area contributed by atoms with Gasteiger partial charge in [0, 0.05) is 60.1 Å². The molecule has 1 atom stereocenters. The first-order valence-corrected chi connectivity index (χ1v) is 10.3. The monoisotopic (exact) mass is 409 g/mol. The minimum atomic E-state index is 0.0565. The Labute approximate surface area is 175 Å². The first kappa shape index (κ1) is 19.5. The number of allylic oxidation sites excluding steroid dienone is 1. The van der Waals surface area contributed by atoms with Crippen LogP contribution in [0.5, 0.6) is 0 Å². The molecule has 1 aliphatic rings. The van der Waals surface area contributed by atoms with Crippen LogP contribution in [0.25, 0.3) is 10.9 Å². The average Bonchev–Trinajstić information content (AvgIpc) is 3.18. The molecule has 0 fully saturated rings. The maximum absolute atomic E-state index is 13.2. The summed E-state index contributed by atoms with van der Waals surface area (Å²) < 4.78 is 0. The molecule has 2 aromatic heterocycles. The number of H-pyrrole nitrogens is 1. The summed E-state index contributed by atoms with van der Waals surface area (Å²) in [6, 6.07) is 10.1. The van der Waals surface area contributed by atoms with Crippen molar-refractivity contribution < 1.29 is 4.79 Å². The van der Waals surface area contributed by atoms with Crippen molar-refractivity contribution in [3.8, 4) is 0 Å². The SMILES string of the molecule is CCN(C(=O)c1cc2ccccc2[nH]1)C1CCC=C(NCc2cnc(Cl)nc2)C1. The summed E-state index contributed by atoms with van der Waals surface area (Å²) in [5.41, 5.74) is 3.76. The Morgan fingerprint density at radius 3 is 2.86 bits per heavy atom. The Morgan fingerprint density at radius 2 is 2.10 bits per heavy atom. The zero-order chi connectivity index (χ0) is 20.2. The summed E-state index contributed by atoms with van der Waals surface area (Å²) in [5.74, 6) is 0.0565. The number of halogens is 1. The number of hydrogen-bond donors (Lipinski definition) is 2. The third kappa shape index (κ3) is 4.43. The van der Waals surface area contributed by atoms with Crippen LogP contribution in [-0.4, -0.2) is 38.3 Å². The van der Waals surface area contributed by atoms with Gasteiger partial charge in [-0.15, -0.1) is 0 Å². The lowest BCUT2D eigenvalue weighted by atomic mass is 9.97. The number of para-hydroxylation sites is 1. The predicted octanol–water partition coefficient (Wildman–Crippen LogP) is 4.30. The summed E-state index contributed by atoms with van der Waals surface area (Å²) >= 11 is 5.74. The van der Waals surface area contributed by atoms with Crippen LogP contribution >= 0.6 is 11.6 Å². The summed E-state index contributed by atoms with van der Waals surface area (Å²) in [5, 5.41) is 4.77. The molecule has 7 heteroatoms. The van der Waals surface area contributed by atoms with E-state index >= 15 is 0 Å². The molecule has 6 nitrogen and oxygen atoms in total. The van der Waals surface area contributed by atoms with Gasteiger partial charge in [0.05, 0.1) is 0 Å². The highest BCUT2D eigenvalue weighted by molar-refractivity contribution is 6.28. The fourth-order valence-electron chi connectivity index (χ4n) is 3.86. The summed E-state index contributed by atoms with van der Waals surface area (Å²) in [6.07, 6.45) is 8.39. The van der Waals surface area contributed by atoms with Crippen molar-refractivity contribution in [1.82, 2.24) is 25.2 Å². The minimum absolute atomic E-state index is 0.0565. The lowest BCUT2D eigenvalue weighted by Crippen LogP contribution is -2.42. The molecular formula is C22H24ClN5O. The summed E-state index contributed by atoms with van der Waals surface area (Å²) in [7, 11) is 0. The first-order chi connectivity index (χ1) is 14.1. The number of carbonyl (C=O) groups is 1.